The van der Waals surface area contributed by atoms with Gasteiger partial charge in [-0.2, -0.15) is 0 Å². The van der Waals surface area contributed by atoms with Crippen molar-refractivity contribution in [2.45, 2.75) is 52.0 Å². The SMILES string of the molecule is CCCNC(CO)(CN1CC(C)CC(C)C1)C1CC1. The van der Waals surface area contributed by atoms with Crippen LogP contribution in [0.15, 0.2) is 0 Å². The van der Waals surface area contributed by atoms with Crippen LogP contribution in [0.1, 0.15) is 46.5 Å². The molecule has 112 valence electrons. The van der Waals surface area contributed by atoms with Crippen molar-refractivity contribution in [2.75, 3.05) is 32.8 Å². The van der Waals surface area contributed by atoms with Crippen molar-refractivity contribution in [3.8, 4) is 0 Å². The normalized spacial score (nSPS) is 32.2. The zero-order valence-corrected chi connectivity index (χ0v) is 13.0. The highest BCUT2D eigenvalue weighted by atomic mass is 16.3. The highest BCUT2D eigenvalue weighted by Gasteiger charge is 2.45. The van der Waals surface area contributed by atoms with Gasteiger partial charge >= 0.3 is 0 Å². The van der Waals surface area contributed by atoms with Crippen molar-refractivity contribution in [1.29, 1.82) is 0 Å². The first-order chi connectivity index (χ1) is 9.09. The third-order valence-corrected chi connectivity index (χ3v) is 4.82. The van der Waals surface area contributed by atoms with Gasteiger partial charge in [-0.3, -0.25) is 0 Å². The Morgan fingerprint density at radius 1 is 1.21 bits per heavy atom. The molecule has 0 aromatic heterocycles. The number of hydrogen-bond donors (Lipinski definition) is 2. The van der Waals surface area contributed by atoms with E-state index in [4.69, 9.17) is 0 Å². The van der Waals surface area contributed by atoms with Gasteiger partial charge in [-0.25, -0.2) is 0 Å². The smallest absolute Gasteiger partial charge is 0.0628 e. The minimum atomic E-state index is -0.0349. The Balaban J connectivity index is 1.98. The van der Waals surface area contributed by atoms with Gasteiger partial charge in [-0.15, -0.1) is 0 Å². The standard InChI is InChI=1S/C16H32N2O/c1-4-7-17-16(12-19,15-5-6-15)11-18-9-13(2)8-14(3)10-18/h13-15,17,19H,4-12H2,1-3H3. The molecule has 3 atom stereocenters. The molecule has 3 nitrogen and oxygen atoms in total. The number of aliphatic hydroxyl groups excluding tert-OH is 1. The van der Waals surface area contributed by atoms with E-state index in [1.54, 1.807) is 0 Å². The van der Waals surface area contributed by atoms with E-state index in [-0.39, 0.29) is 12.1 Å². The number of rotatable bonds is 7. The number of likely N-dealkylation sites (tertiary alicyclic amines) is 1. The monoisotopic (exact) mass is 268 g/mol. The van der Waals surface area contributed by atoms with Gasteiger partial charge in [0.2, 0.25) is 0 Å². The van der Waals surface area contributed by atoms with Crippen LogP contribution in [0.4, 0.5) is 0 Å². The first-order valence-electron chi connectivity index (χ1n) is 8.18. The third kappa shape index (κ3) is 3.93. The van der Waals surface area contributed by atoms with E-state index in [0.717, 1.165) is 31.3 Å². The molecule has 3 unspecified atom stereocenters. The molecule has 2 aliphatic rings. The molecule has 1 aliphatic carbocycles. The molecule has 19 heavy (non-hydrogen) atoms. The van der Waals surface area contributed by atoms with Gasteiger partial charge in [0.25, 0.3) is 0 Å². The Hall–Kier alpha value is -0.120. The summed E-state index contributed by atoms with van der Waals surface area (Å²) in [6, 6.07) is 0. The van der Waals surface area contributed by atoms with E-state index in [9.17, 15) is 5.11 Å². The average Bonchev–Trinajstić information content (AvgIpc) is 3.18. The summed E-state index contributed by atoms with van der Waals surface area (Å²) in [6.07, 6.45) is 5.07. The largest absolute Gasteiger partial charge is 0.394 e. The molecule has 1 saturated heterocycles. The summed E-state index contributed by atoms with van der Waals surface area (Å²) < 4.78 is 0. The molecule has 2 rings (SSSR count). The molecule has 3 heteroatoms. The number of piperidine rings is 1. The van der Waals surface area contributed by atoms with Crippen molar-refractivity contribution in [2.24, 2.45) is 17.8 Å². The van der Waals surface area contributed by atoms with Gasteiger partial charge in [0.1, 0.15) is 0 Å². The Morgan fingerprint density at radius 3 is 2.32 bits per heavy atom. The lowest BCUT2D eigenvalue weighted by Crippen LogP contribution is -2.59. The van der Waals surface area contributed by atoms with Crippen LogP contribution in [0.3, 0.4) is 0 Å². The summed E-state index contributed by atoms with van der Waals surface area (Å²) in [5, 5.41) is 13.7. The summed E-state index contributed by atoms with van der Waals surface area (Å²) in [4.78, 5) is 2.59. The lowest BCUT2D eigenvalue weighted by atomic mass is 9.88. The van der Waals surface area contributed by atoms with E-state index in [1.165, 1.54) is 32.4 Å². The van der Waals surface area contributed by atoms with Crippen molar-refractivity contribution in [1.82, 2.24) is 10.2 Å². The van der Waals surface area contributed by atoms with Crippen LogP contribution in [-0.2, 0) is 0 Å². The van der Waals surface area contributed by atoms with Gasteiger partial charge in [0.05, 0.1) is 12.1 Å². The Kier molecular flexibility index (Phi) is 5.27. The number of hydrogen-bond acceptors (Lipinski definition) is 3. The summed E-state index contributed by atoms with van der Waals surface area (Å²) in [6.45, 7) is 11.7. The number of nitrogens with one attached hydrogen (secondary N) is 1. The maximum absolute atomic E-state index is 9.99. The number of aliphatic hydroxyl groups is 1. The van der Waals surface area contributed by atoms with Crippen molar-refractivity contribution < 1.29 is 5.11 Å². The fraction of sp³-hybridized carbons (Fsp3) is 1.00. The Bertz CT molecular complexity index is 270. The number of nitrogens with zero attached hydrogens (tertiary/aromatic N) is 1. The molecular weight excluding hydrogens is 236 g/mol. The quantitative estimate of drug-likeness (QED) is 0.742. The molecule has 0 radical (unpaired) electrons. The molecule has 2 N–H and O–H groups in total. The minimum Gasteiger partial charge on any atom is -0.394 e. The highest BCUT2D eigenvalue weighted by molar-refractivity contribution is 5.03. The first-order valence-corrected chi connectivity index (χ1v) is 8.18. The van der Waals surface area contributed by atoms with Crippen LogP contribution in [0, 0.1) is 17.8 Å². The Morgan fingerprint density at radius 2 is 1.84 bits per heavy atom. The van der Waals surface area contributed by atoms with Crippen molar-refractivity contribution in [3.63, 3.8) is 0 Å². The lowest BCUT2D eigenvalue weighted by Gasteiger charge is -2.43. The van der Waals surface area contributed by atoms with Crippen LogP contribution < -0.4 is 5.32 Å². The average molecular weight is 268 g/mol. The van der Waals surface area contributed by atoms with E-state index in [0.29, 0.717) is 5.92 Å². The zero-order valence-electron chi connectivity index (χ0n) is 13.0. The maximum Gasteiger partial charge on any atom is 0.0628 e. The van der Waals surface area contributed by atoms with E-state index >= 15 is 0 Å². The second-order valence-electron chi connectivity index (χ2n) is 7.16. The van der Waals surface area contributed by atoms with Crippen molar-refractivity contribution >= 4 is 0 Å². The molecule has 0 bridgehead atoms. The van der Waals surface area contributed by atoms with E-state index < -0.39 is 0 Å². The molecule has 0 aromatic carbocycles. The van der Waals surface area contributed by atoms with Gasteiger partial charge in [-0.1, -0.05) is 20.8 Å². The zero-order chi connectivity index (χ0) is 13.9. The van der Waals surface area contributed by atoms with Crippen LogP contribution >= 0.6 is 0 Å². The van der Waals surface area contributed by atoms with Gasteiger partial charge < -0.3 is 15.3 Å². The Labute approximate surface area is 118 Å². The maximum atomic E-state index is 9.99. The summed E-state index contributed by atoms with van der Waals surface area (Å²) in [7, 11) is 0. The molecule has 2 fully saturated rings. The van der Waals surface area contributed by atoms with Crippen LogP contribution in [-0.4, -0.2) is 48.3 Å². The molecule has 1 aliphatic heterocycles. The predicted octanol–water partition coefficient (Wildman–Crippen LogP) is 2.10. The molecule has 0 amide bonds. The van der Waals surface area contributed by atoms with Gasteiger partial charge in [-0.05, 0) is 50.0 Å². The summed E-state index contributed by atoms with van der Waals surface area (Å²) in [5.74, 6) is 2.28. The van der Waals surface area contributed by atoms with Gasteiger partial charge in [0, 0.05) is 19.6 Å². The van der Waals surface area contributed by atoms with Crippen LogP contribution in [0.5, 0.6) is 0 Å². The molecule has 0 aromatic rings. The van der Waals surface area contributed by atoms with Crippen LogP contribution in [0.2, 0.25) is 0 Å². The minimum absolute atomic E-state index is 0.0349. The van der Waals surface area contributed by atoms with Crippen molar-refractivity contribution in [3.05, 3.63) is 0 Å². The fourth-order valence-corrected chi connectivity index (χ4v) is 3.89. The lowest BCUT2D eigenvalue weighted by molar-refractivity contribution is 0.0568. The fourth-order valence-electron chi connectivity index (χ4n) is 3.89. The molecule has 1 saturated carbocycles. The molecule has 0 spiro atoms. The first kappa shape index (κ1) is 15.3. The second kappa shape index (κ2) is 6.55. The summed E-state index contributed by atoms with van der Waals surface area (Å²) in [5.41, 5.74) is -0.0349. The van der Waals surface area contributed by atoms with Gasteiger partial charge in [0.15, 0.2) is 0 Å². The molecular formula is C16H32N2O. The highest BCUT2D eigenvalue weighted by Crippen LogP contribution is 2.40. The van der Waals surface area contributed by atoms with E-state index in [2.05, 4.69) is 31.0 Å². The summed E-state index contributed by atoms with van der Waals surface area (Å²) >= 11 is 0. The van der Waals surface area contributed by atoms with Crippen LogP contribution in [0.25, 0.3) is 0 Å². The second-order valence-corrected chi connectivity index (χ2v) is 7.16. The van der Waals surface area contributed by atoms with E-state index in [1.807, 2.05) is 0 Å². The molecule has 1 heterocycles. The predicted molar refractivity (Wildman–Crippen MR) is 80.2 cm³/mol. The topological polar surface area (TPSA) is 35.5 Å². The third-order valence-electron chi connectivity index (χ3n) is 4.82.